The van der Waals surface area contributed by atoms with Crippen molar-refractivity contribution >= 4 is 33.2 Å². The molecule has 0 saturated heterocycles. The molecular formula is C18H20ClFN2O3S. The fourth-order valence-electron chi connectivity index (χ4n) is 2.51. The van der Waals surface area contributed by atoms with Crippen molar-refractivity contribution in [2.75, 3.05) is 18.4 Å². The van der Waals surface area contributed by atoms with Crippen molar-refractivity contribution in [2.45, 2.75) is 25.7 Å². The number of nitrogens with one attached hydrogen (secondary N) is 1. The summed E-state index contributed by atoms with van der Waals surface area (Å²) in [7, 11) is -3.72. The standard InChI is InChI=1S/C18H20ClFN2O3S/c1-4-22(5-2)26(24,25)14-7-8-16(19)15(11-14)18(23)21-17-9-6-13(20)10-12(17)3/h6-11H,4-5H2,1-3H3,(H,21,23). The molecule has 0 fully saturated rings. The summed E-state index contributed by atoms with van der Waals surface area (Å²) in [4.78, 5) is 12.6. The lowest BCUT2D eigenvalue weighted by atomic mass is 10.1. The van der Waals surface area contributed by atoms with E-state index in [0.29, 0.717) is 24.3 Å². The third kappa shape index (κ3) is 4.23. The number of benzene rings is 2. The number of carbonyl (C=O) groups is 1. The lowest BCUT2D eigenvalue weighted by molar-refractivity contribution is 0.102. The van der Waals surface area contributed by atoms with Crippen molar-refractivity contribution in [1.82, 2.24) is 4.31 Å². The van der Waals surface area contributed by atoms with Gasteiger partial charge in [-0.2, -0.15) is 4.31 Å². The number of nitrogens with zero attached hydrogens (tertiary/aromatic N) is 1. The summed E-state index contributed by atoms with van der Waals surface area (Å²) in [5.41, 5.74) is 0.995. The van der Waals surface area contributed by atoms with Gasteiger partial charge in [-0.15, -0.1) is 0 Å². The van der Waals surface area contributed by atoms with E-state index < -0.39 is 21.7 Å². The molecule has 140 valence electrons. The number of carbonyl (C=O) groups excluding carboxylic acids is 1. The maximum absolute atomic E-state index is 13.2. The zero-order chi connectivity index (χ0) is 19.5. The highest BCUT2D eigenvalue weighted by Crippen LogP contribution is 2.25. The Morgan fingerprint density at radius 3 is 2.38 bits per heavy atom. The number of rotatable bonds is 6. The molecular weight excluding hydrogens is 379 g/mol. The van der Waals surface area contributed by atoms with Crippen LogP contribution in [-0.2, 0) is 10.0 Å². The average Bonchev–Trinajstić information content (AvgIpc) is 2.58. The molecule has 0 aliphatic carbocycles. The quantitative estimate of drug-likeness (QED) is 0.797. The number of aryl methyl sites for hydroxylation is 1. The van der Waals surface area contributed by atoms with Crippen molar-refractivity contribution < 1.29 is 17.6 Å². The summed E-state index contributed by atoms with van der Waals surface area (Å²) in [6.07, 6.45) is 0. The van der Waals surface area contributed by atoms with Gasteiger partial charge in [0.05, 0.1) is 15.5 Å². The third-order valence-electron chi connectivity index (χ3n) is 3.96. The summed E-state index contributed by atoms with van der Waals surface area (Å²) < 4.78 is 39.8. The first kappa shape index (κ1) is 20.4. The van der Waals surface area contributed by atoms with E-state index >= 15 is 0 Å². The first-order valence-corrected chi connectivity index (χ1v) is 9.89. The van der Waals surface area contributed by atoms with Crippen LogP contribution in [0.5, 0.6) is 0 Å². The molecule has 0 saturated carbocycles. The Morgan fingerprint density at radius 2 is 1.81 bits per heavy atom. The highest BCUT2D eigenvalue weighted by atomic mass is 35.5. The van der Waals surface area contributed by atoms with Gasteiger partial charge in [0.25, 0.3) is 5.91 Å². The van der Waals surface area contributed by atoms with Crippen LogP contribution in [0, 0.1) is 12.7 Å². The Balaban J connectivity index is 2.39. The summed E-state index contributed by atoms with van der Waals surface area (Å²) in [5, 5.41) is 2.76. The maximum atomic E-state index is 13.2. The molecule has 8 heteroatoms. The third-order valence-corrected chi connectivity index (χ3v) is 6.34. The zero-order valence-corrected chi connectivity index (χ0v) is 16.3. The largest absolute Gasteiger partial charge is 0.322 e. The predicted molar refractivity (Wildman–Crippen MR) is 101 cm³/mol. The summed E-state index contributed by atoms with van der Waals surface area (Å²) in [6, 6.07) is 7.96. The van der Waals surface area contributed by atoms with Crippen molar-refractivity contribution in [3.63, 3.8) is 0 Å². The van der Waals surface area contributed by atoms with Crippen molar-refractivity contribution in [1.29, 1.82) is 0 Å². The van der Waals surface area contributed by atoms with Crippen LogP contribution < -0.4 is 5.32 Å². The summed E-state index contributed by atoms with van der Waals surface area (Å²) in [5.74, 6) is -0.979. The van der Waals surface area contributed by atoms with Gasteiger partial charge in [-0.05, 0) is 48.9 Å². The van der Waals surface area contributed by atoms with Gasteiger partial charge in [0.15, 0.2) is 0 Å². The molecule has 2 rings (SSSR count). The van der Waals surface area contributed by atoms with Gasteiger partial charge >= 0.3 is 0 Å². The van der Waals surface area contributed by atoms with E-state index in [9.17, 15) is 17.6 Å². The predicted octanol–water partition coefficient (Wildman–Crippen LogP) is 4.07. The average molecular weight is 399 g/mol. The van der Waals surface area contributed by atoms with Crippen LogP contribution in [0.4, 0.5) is 10.1 Å². The zero-order valence-electron chi connectivity index (χ0n) is 14.7. The van der Waals surface area contributed by atoms with Crippen molar-refractivity contribution in [2.24, 2.45) is 0 Å². The number of amides is 1. The lowest BCUT2D eigenvalue weighted by Gasteiger charge is -2.19. The van der Waals surface area contributed by atoms with E-state index in [1.54, 1.807) is 20.8 Å². The minimum atomic E-state index is -3.72. The van der Waals surface area contributed by atoms with E-state index in [1.807, 2.05) is 0 Å². The Hall–Kier alpha value is -1.96. The molecule has 0 aromatic heterocycles. The van der Waals surface area contributed by atoms with Gasteiger partial charge in [0, 0.05) is 18.8 Å². The Kier molecular flexibility index (Phi) is 6.39. The maximum Gasteiger partial charge on any atom is 0.257 e. The SMILES string of the molecule is CCN(CC)S(=O)(=O)c1ccc(Cl)c(C(=O)Nc2ccc(F)cc2C)c1. The molecule has 0 bridgehead atoms. The highest BCUT2D eigenvalue weighted by Gasteiger charge is 2.24. The number of halogens is 2. The van der Waals surface area contributed by atoms with Gasteiger partial charge in [0.1, 0.15) is 5.82 Å². The Labute approximate surface area is 157 Å². The van der Waals surface area contributed by atoms with E-state index in [0.717, 1.165) is 0 Å². The van der Waals surface area contributed by atoms with E-state index in [2.05, 4.69) is 5.32 Å². The molecule has 0 spiro atoms. The molecule has 1 N–H and O–H groups in total. The van der Waals surface area contributed by atoms with Crippen LogP contribution in [0.25, 0.3) is 0 Å². The van der Waals surface area contributed by atoms with Crippen LogP contribution in [0.15, 0.2) is 41.3 Å². The molecule has 1 amide bonds. The lowest BCUT2D eigenvalue weighted by Crippen LogP contribution is -2.30. The van der Waals surface area contributed by atoms with Crippen LogP contribution in [0.1, 0.15) is 29.8 Å². The number of anilines is 1. The first-order chi connectivity index (χ1) is 12.2. The highest BCUT2D eigenvalue weighted by molar-refractivity contribution is 7.89. The van der Waals surface area contributed by atoms with E-state index in [4.69, 9.17) is 11.6 Å². The molecule has 0 aliphatic heterocycles. The second kappa shape index (κ2) is 8.16. The molecule has 26 heavy (non-hydrogen) atoms. The van der Waals surface area contributed by atoms with Crippen LogP contribution >= 0.6 is 11.6 Å². The van der Waals surface area contributed by atoms with Gasteiger partial charge in [0.2, 0.25) is 10.0 Å². The molecule has 0 radical (unpaired) electrons. The minimum Gasteiger partial charge on any atom is -0.322 e. The first-order valence-electron chi connectivity index (χ1n) is 8.07. The summed E-state index contributed by atoms with van der Waals surface area (Å²) >= 11 is 6.09. The fraction of sp³-hybridized carbons (Fsp3) is 0.278. The minimum absolute atomic E-state index is 0.00780. The van der Waals surface area contributed by atoms with E-state index in [-0.39, 0.29) is 15.5 Å². The number of hydrogen-bond donors (Lipinski definition) is 1. The molecule has 0 heterocycles. The van der Waals surface area contributed by atoms with Gasteiger partial charge < -0.3 is 5.32 Å². The smallest absolute Gasteiger partial charge is 0.257 e. The number of sulfonamides is 1. The monoisotopic (exact) mass is 398 g/mol. The normalized spacial score (nSPS) is 11.6. The fourth-order valence-corrected chi connectivity index (χ4v) is 4.20. The van der Waals surface area contributed by atoms with Gasteiger partial charge in [-0.1, -0.05) is 25.4 Å². The van der Waals surface area contributed by atoms with Gasteiger partial charge in [-0.3, -0.25) is 4.79 Å². The molecule has 5 nitrogen and oxygen atoms in total. The van der Waals surface area contributed by atoms with Crippen LogP contribution in [0.3, 0.4) is 0 Å². The van der Waals surface area contributed by atoms with Gasteiger partial charge in [-0.25, -0.2) is 12.8 Å². The second-order valence-corrected chi connectivity index (χ2v) is 7.99. The Morgan fingerprint density at radius 1 is 1.15 bits per heavy atom. The molecule has 0 unspecified atom stereocenters. The topological polar surface area (TPSA) is 66.5 Å². The second-order valence-electron chi connectivity index (χ2n) is 5.64. The molecule has 0 aliphatic rings. The van der Waals surface area contributed by atoms with Crippen LogP contribution in [-0.4, -0.2) is 31.7 Å². The summed E-state index contributed by atoms with van der Waals surface area (Å²) in [6.45, 7) is 5.76. The number of hydrogen-bond acceptors (Lipinski definition) is 3. The molecule has 2 aromatic rings. The Bertz CT molecular complexity index is 928. The molecule has 0 atom stereocenters. The van der Waals surface area contributed by atoms with Crippen molar-refractivity contribution in [3.8, 4) is 0 Å². The van der Waals surface area contributed by atoms with Crippen LogP contribution in [0.2, 0.25) is 5.02 Å². The van der Waals surface area contributed by atoms with Crippen molar-refractivity contribution in [3.05, 3.63) is 58.4 Å². The molecule has 2 aromatic carbocycles. The van der Waals surface area contributed by atoms with E-state index in [1.165, 1.54) is 40.7 Å².